The summed E-state index contributed by atoms with van der Waals surface area (Å²) in [5.74, 6) is 1.23. The standard InChI is InChI=1S/C17H20N2O3S/c1-11-18-13(10-23-11)9-19(14-4-5-14)17(20)12-6-15(21-2)8-16(7-12)22-3/h6-8,10,14H,4-5,9H2,1-3H3. The maximum atomic E-state index is 13.0. The van der Waals surface area contributed by atoms with E-state index in [0.717, 1.165) is 23.5 Å². The van der Waals surface area contributed by atoms with Gasteiger partial charge in [-0.1, -0.05) is 0 Å². The van der Waals surface area contributed by atoms with E-state index in [9.17, 15) is 4.79 Å². The number of thiazole rings is 1. The lowest BCUT2D eigenvalue weighted by Gasteiger charge is -2.22. The van der Waals surface area contributed by atoms with Gasteiger partial charge in [-0.3, -0.25) is 4.79 Å². The average Bonchev–Trinajstić information content (AvgIpc) is 3.33. The fourth-order valence-corrected chi connectivity index (χ4v) is 3.11. The first-order valence-corrected chi connectivity index (χ1v) is 8.43. The van der Waals surface area contributed by atoms with E-state index in [0.29, 0.717) is 29.6 Å². The number of aryl methyl sites for hydroxylation is 1. The first-order chi connectivity index (χ1) is 11.1. The molecule has 1 aliphatic carbocycles. The number of methoxy groups -OCH3 is 2. The van der Waals surface area contributed by atoms with E-state index in [1.165, 1.54) is 0 Å². The van der Waals surface area contributed by atoms with E-state index >= 15 is 0 Å². The predicted molar refractivity (Wildman–Crippen MR) is 89.3 cm³/mol. The molecule has 0 unspecified atom stereocenters. The minimum Gasteiger partial charge on any atom is -0.497 e. The van der Waals surface area contributed by atoms with Crippen LogP contribution in [-0.2, 0) is 6.54 Å². The van der Waals surface area contributed by atoms with Gasteiger partial charge in [-0.25, -0.2) is 4.98 Å². The molecule has 1 aromatic heterocycles. The van der Waals surface area contributed by atoms with Crippen molar-refractivity contribution in [1.82, 2.24) is 9.88 Å². The molecule has 1 amide bonds. The second kappa shape index (κ2) is 6.58. The number of carbonyl (C=O) groups is 1. The van der Waals surface area contributed by atoms with Crippen LogP contribution in [0.5, 0.6) is 11.5 Å². The zero-order valence-corrected chi connectivity index (χ0v) is 14.4. The smallest absolute Gasteiger partial charge is 0.254 e. The van der Waals surface area contributed by atoms with Crippen LogP contribution >= 0.6 is 11.3 Å². The molecule has 5 nitrogen and oxygen atoms in total. The Hall–Kier alpha value is -2.08. The molecule has 1 heterocycles. The van der Waals surface area contributed by atoms with Crippen LogP contribution in [0.3, 0.4) is 0 Å². The van der Waals surface area contributed by atoms with Crippen molar-refractivity contribution in [3.8, 4) is 11.5 Å². The number of rotatable bonds is 6. The second-order valence-corrected chi connectivity index (χ2v) is 6.69. The van der Waals surface area contributed by atoms with Crippen LogP contribution in [0.25, 0.3) is 0 Å². The summed E-state index contributed by atoms with van der Waals surface area (Å²) in [7, 11) is 3.17. The summed E-state index contributed by atoms with van der Waals surface area (Å²) < 4.78 is 10.5. The fourth-order valence-electron chi connectivity index (χ4n) is 2.51. The van der Waals surface area contributed by atoms with E-state index in [-0.39, 0.29) is 5.91 Å². The molecule has 0 radical (unpaired) electrons. The maximum Gasteiger partial charge on any atom is 0.254 e. The van der Waals surface area contributed by atoms with Gasteiger partial charge in [0, 0.05) is 23.1 Å². The minimum atomic E-state index is -0.00430. The predicted octanol–water partition coefficient (Wildman–Crippen LogP) is 3.27. The van der Waals surface area contributed by atoms with Crippen LogP contribution in [-0.4, -0.2) is 36.1 Å². The van der Waals surface area contributed by atoms with Gasteiger partial charge in [0.2, 0.25) is 0 Å². The van der Waals surface area contributed by atoms with Gasteiger partial charge in [0.1, 0.15) is 11.5 Å². The molecule has 0 N–H and O–H groups in total. The highest BCUT2D eigenvalue weighted by Crippen LogP contribution is 2.31. The Morgan fingerprint density at radius 1 is 1.26 bits per heavy atom. The van der Waals surface area contributed by atoms with Gasteiger partial charge in [0.05, 0.1) is 31.5 Å². The summed E-state index contributed by atoms with van der Waals surface area (Å²) in [6.07, 6.45) is 2.10. The Kier molecular flexibility index (Phi) is 4.52. The number of nitrogens with zero attached hydrogens (tertiary/aromatic N) is 2. The lowest BCUT2D eigenvalue weighted by atomic mass is 10.1. The Morgan fingerprint density at radius 2 is 1.91 bits per heavy atom. The topological polar surface area (TPSA) is 51.7 Å². The molecule has 0 spiro atoms. The van der Waals surface area contributed by atoms with Crippen LogP contribution in [0.15, 0.2) is 23.6 Å². The van der Waals surface area contributed by atoms with Crippen molar-refractivity contribution in [3.05, 3.63) is 39.8 Å². The molecule has 1 aliphatic rings. The third-order valence-electron chi connectivity index (χ3n) is 3.85. The Balaban J connectivity index is 1.86. The number of amides is 1. The van der Waals surface area contributed by atoms with E-state index in [4.69, 9.17) is 9.47 Å². The van der Waals surface area contributed by atoms with Gasteiger partial charge in [-0.2, -0.15) is 0 Å². The van der Waals surface area contributed by atoms with E-state index in [2.05, 4.69) is 4.98 Å². The molecule has 2 aromatic rings. The van der Waals surface area contributed by atoms with Gasteiger partial charge >= 0.3 is 0 Å². The second-order valence-electron chi connectivity index (χ2n) is 5.62. The summed E-state index contributed by atoms with van der Waals surface area (Å²) in [5.41, 5.74) is 1.53. The number of carbonyl (C=O) groups excluding carboxylic acids is 1. The van der Waals surface area contributed by atoms with Gasteiger partial charge < -0.3 is 14.4 Å². The zero-order valence-electron chi connectivity index (χ0n) is 13.5. The van der Waals surface area contributed by atoms with Crippen LogP contribution in [0.2, 0.25) is 0 Å². The molecular formula is C17H20N2O3S. The Labute approximate surface area is 139 Å². The summed E-state index contributed by atoms with van der Waals surface area (Å²) in [6.45, 7) is 2.53. The molecule has 3 rings (SSSR count). The third kappa shape index (κ3) is 3.64. The van der Waals surface area contributed by atoms with Crippen molar-refractivity contribution < 1.29 is 14.3 Å². The van der Waals surface area contributed by atoms with E-state index in [1.54, 1.807) is 43.8 Å². The highest BCUT2D eigenvalue weighted by Gasteiger charge is 2.33. The van der Waals surface area contributed by atoms with Gasteiger partial charge in [-0.05, 0) is 31.9 Å². The quantitative estimate of drug-likeness (QED) is 0.815. The van der Waals surface area contributed by atoms with Crippen molar-refractivity contribution >= 4 is 17.2 Å². The molecule has 0 saturated heterocycles. The van der Waals surface area contributed by atoms with Crippen LogP contribution < -0.4 is 9.47 Å². The zero-order chi connectivity index (χ0) is 16.4. The Bertz CT molecular complexity index is 687. The summed E-state index contributed by atoms with van der Waals surface area (Å²) in [5, 5.41) is 3.04. The lowest BCUT2D eigenvalue weighted by molar-refractivity contribution is 0.0727. The lowest BCUT2D eigenvalue weighted by Crippen LogP contribution is -2.32. The fraction of sp³-hybridized carbons (Fsp3) is 0.412. The number of ether oxygens (including phenoxy) is 2. The molecule has 0 bridgehead atoms. The summed E-state index contributed by atoms with van der Waals surface area (Å²) in [6, 6.07) is 5.59. The van der Waals surface area contributed by atoms with Gasteiger partial charge in [0.25, 0.3) is 5.91 Å². The molecule has 0 atom stereocenters. The third-order valence-corrected chi connectivity index (χ3v) is 4.67. The number of hydrogen-bond acceptors (Lipinski definition) is 5. The Morgan fingerprint density at radius 3 is 2.39 bits per heavy atom. The van der Waals surface area contributed by atoms with Gasteiger partial charge in [0.15, 0.2) is 0 Å². The first-order valence-electron chi connectivity index (χ1n) is 7.55. The summed E-state index contributed by atoms with van der Waals surface area (Å²) >= 11 is 1.61. The molecule has 122 valence electrons. The van der Waals surface area contributed by atoms with Gasteiger partial charge in [-0.15, -0.1) is 11.3 Å². The normalized spacial score (nSPS) is 13.7. The SMILES string of the molecule is COc1cc(OC)cc(C(=O)N(Cc2csc(C)n2)C2CC2)c1. The van der Waals surface area contributed by atoms with Crippen molar-refractivity contribution in [3.63, 3.8) is 0 Å². The maximum absolute atomic E-state index is 13.0. The van der Waals surface area contributed by atoms with Crippen molar-refractivity contribution in [2.24, 2.45) is 0 Å². The van der Waals surface area contributed by atoms with E-state index in [1.807, 2.05) is 17.2 Å². The van der Waals surface area contributed by atoms with Crippen LogP contribution in [0.1, 0.15) is 33.9 Å². The monoisotopic (exact) mass is 332 g/mol. The highest BCUT2D eigenvalue weighted by atomic mass is 32.1. The number of aromatic nitrogens is 1. The van der Waals surface area contributed by atoms with E-state index < -0.39 is 0 Å². The first kappa shape index (κ1) is 15.8. The molecule has 1 saturated carbocycles. The highest BCUT2D eigenvalue weighted by molar-refractivity contribution is 7.09. The molecule has 1 aromatic carbocycles. The number of hydrogen-bond donors (Lipinski definition) is 0. The number of benzene rings is 1. The molecular weight excluding hydrogens is 312 g/mol. The van der Waals surface area contributed by atoms with Crippen LogP contribution in [0.4, 0.5) is 0 Å². The van der Waals surface area contributed by atoms with Crippen molar-refractivity contribution in [2.45, 2.75) is 32.4 Å². The largest absolute Gasteiger partial charge is 0.497 e. The van der Waals surface area contributed by atoms with Crippen molar-refractivity contribution in [2.75, 3.05) is 14.2 Å². The molecule has 1 fully saturated rings. The molecule has 6 heteroatoms. The van der Waals surface area contributed by atoms with Crippen molar-refractivity contribution in [1.29, 1.82) is 0 Å². The summed E-state index contributed by atoms with van der Waals surface area (Å²) in [4.78, 5) is 19.3. The van der Waals surface area contributed by atoms with Crippen LogP contribution in [0, 0.1) is 6.92 Å². The minimum absolute atomic E-state index is 0.00430. The molecule has 23 heavy (non-hydrogen) atoms. The average molecular weight is 332 g/mol. The molecule has 0 aliphatic heterocycles.